The zero-order valence-corrected chi connectivity index (χ0v) is 10.7. The van der Waals surface area contributed by atoms with Gasteiger partial charge in [-0.25, -0.2) is 5.43 Å². The Morgan fingerprint density at radius 3 is 2.72 bits per heavy atom. The summed E-state index contributed by atoms with van der Waals surface area (Å²) in [6.07, 6.45) is 0.559. The van der Waals surface area contributed by atoms with E-state index in [4.69, 9.17) is 23.2 Å². The van der Waals surface area contributed by atoms with Gasteiger partial charge in [-0.3, -0.25) is 9.59 Å². The summed E-state index contributed by atoms with van der Waals surface area (Å²) in [6.45, 7) is 0. The van der Waals surface area contributed by atoms with Crippen molar-refractivity contribution >= 4 is 46.4 Å². The molecule has 2 rings (SSSR count). The number of hydrogen-bond acceptors (Lipinski definition) is 3. The number of benzene rings is 1. The first-order valence-corrected chi connectivity index (χ1v) is 5.93. The van der Waals surface area contributed by atoms with Crippen LogP contribution in [0.25, 0.3) is 0 Å². The number of hydrogen-bond donors (Lipinski definition) is 2. The molecule has 0 atom stereocenters. The third-order valence-electron chi connectivity index (χ3n) is 2.35. The number of amides is 2. The van der Waals surface area contributed by atoms with Crippen molar-refractivity contribution in [3.63, 3.8) is 0 Å². The molecule has 2 N–H and O–H groups in total. The molecule has 94 valence electrons. The fourth-order valence-electron chi connectivity index (χ4n) is 1.42. The summed E-state index contributed by atoms with van der Waals surface area (Å²) in [5.74, 6) is -0.588. The number of carbonyl (C=O) groups excluding carboxylic acids is 2. The summed E-state index contributed by atoms with van der Waals surface area (Å²) in [4.78, 5) is 22.7. The second-order valence-electron chi connectivity index (χ2n) is 3.67. The molecule has 0 saturated carbocycles. The Hall–Kier alpha value is -1.59. The number of nitrogens with one attached hydrogen (secondary N) is 2. The topological polar surface area (TPSA) is 70.6 Å². The maximum Gasteiger partial charge on any atom is 0.271 e. The molecule has 1 aliphatic heterocycles. The van der Waals surface area contributed by atoms with Gasteiger partial charge in [0, 0.05) is 17.9 Å². The summed E-state index contributed by atoms with van der Waals surface area (Å²) in [6, 6.07) is 4.75. The van der Waals surface area contributed by atoms with E-state index in [9.17, 15) is 9.59 Å². The van der Waals surface area contributed by atoms with Gasteiger partial charge in [-0.05, 0) is 18.2 Å². The molecule has 1 aromatic rings. The van der Waals surface area contributed by atoms with E-state index in [1.54, 1.807) is 12.1 Å². The van der Waals surface area contributed by atoms with Crippen LogP contribution in [0, 0.1) is 0 Å². The molecule has 0 bridgehead atoms. The Balaban J connectivity index is 2.09. The molecule has 1 aliphatic rings. The van der Waals surface area contributed by atoms with Crippen LogP contribution in [-0.4, -0.2) is 17.5 Å². The third kappa shape index (κ3) is 3.00. The Morgan fingerprint density at radius 1 is 1.33 bits per heavy atom. The van der Waals surface area contributed by atoms with Gasteiger partial charge in [0.05, 0.1) is 10.7 Å². The van der Waals surface area contributed by atoms with Gasteiger partial charge in [0.1, 0.15) is 5.71 Å². The first kappa shape index (κ1) is 12.9. The monoisotopic (exact) mass is 285 g/mol. The fourth-order valence-corrected chi connectivity index (χ4v) is 1.88. The number of nitrogens with zero attached hydrogens (tertiary/aromatic N) is 1. The van der Waals surface area contributed by atoms with Crippen LogP contribution in [0.3, 0.4) is 0 Å². The summed E-state index contributed by atoms with van der Waals surface area (Å²) in [5, 5.41) is 7.13. The maximum atomic E-state index is 11.8. The minimum atomic E-state index is -0.390. The Labute approximate surface area is 113 Å². The lowest BCUT2D eigenvalue weighted by molar-refractivity contribution is -0.121. The van der Waals surface area contributed by atoms with Gasteiger partial charge in [0.2, 0.25) is 5.91 Å². The van der Waals surface area contributed by atoms with Crippen molar-refractivity contribution in [1.29, 1.82) is 0 Å². The van der Waals surface area contributed by atoms with Crippen molar-refractivity contribution in [2.75, 3.05) is 5.32 Å². The second kappa shape index (κ2) is 5.37. The number of rotatable bonds is 2. The van der Waals surface area contributed by atoms with Crippen LogP contribution >= 0.6 is 23.2 Å². The molecule has 0 fully saturated rings. The normalized spacial score (nSPS) is 14.8. The predicted octanol–water partition coefficient (Wildman–Crippen LogP) is 2.20. The van der Waals surface area contributed by atoms with Crippen molar-refractivity contribution in [1.82, 2.24) is 5.43 Å². The van der Waals surface area contributed by atoms with E-state index in [0.29, 0.717) is 22.2 Å². The molecule has 7 heteroatoms. The van der Waals surface area contributed by atoms with Crippen LogP contribution in [0.15, 0.2) is 23.3 Å². The number of hydrazone groups is 1. The summed E-state index contributed by atoms with van der Waals surface area (Å²) in [5.41, 5.74) is 2.97. The van der Waals surface area contributed by atoms with Crippen LogP contribution in [0.1, 0.15) is 12.8 Å². The highest BCUT2D eigenvalue weighted by Gasteiger charge is 2.18. The third-order valence-corrected chi connectivity index (χ3v) is 2.89. The lowest BCUT2D eigenvalue weighted by atomic mass is 10.1. The SMILES string of the molecule is O=C1CCC(C(=O)Nc2ccc(Cl)cc2Cl)=NN1. The van der Waals surface area contributed by atoms with Crippen LogP contribution < -0.4 is 10.7 Å². The standard InChI is InChI=1S/C11H9Cl2N3O2/c12-6-1-2-8(7(13)5-6)14-11(18)9-3-4-10(17)16-15-9/h1-2,5H,3-4H2,(H,14,18)(H,16,17). The second-order valence-corrected chi connectivity index (χ2v) is 4.52. The Morgan fingerprint density at radius 2 is 2.11 bits per heavy atom. The molecule has 18 heavy (non-hydrogen) atoms. The number of anilines is 1. The Bertz CT molecular complexity index is 543. The van der Waals surface area contributed by atoms with Gasteiger partial charge >= 0.3 is 0 Å². The number of halogens is 2. The largest absolute Gasteiger partial charge is 0.320 e. The van der Waals surface area contributed by atoms with Crippen LogP contribution in [0.2, 0.25) is 10.0 Å². The van der Waals surface area contributed by atoms with Crippen molar-refractivity contribution in [3.8, 4) is 0 Å². The highest BCUT2D eigenvalue weighted by atomic mass is 35.5. The van der Waals surface area contributed by atoms with E-state index in [2.05, 4.69) is 15.8 Å². The molecule has 1 aromatic carbocycles. The molecule has 5 nitrogen and oxygen atoms in total. The van der Waals surface area contributed by atoms with Crippen molar-refractivity contribution < 1.29 is 9.59 Å². The van der Waals surface area contributed by atoms with E-state index in [-0.39, 0.29) is 23.9 Å². The molecular formula is C11H9Cl2N3O2. The highest BCUT2D eigenvalue weighted by molar-refractivity contribution is 6.45. The molecule has 0 saturated heterocycles. The first-order chi connectivity index (χ1) is 8.56. The lowest BCUT2D eigenvalue weighted by Gasteiger charge is -2.12. The quantitative estimate of drug-likeness (QED) is 0.875. The number of carbonyl (C=O) groups is 2. The molecule has 0 radical (unpaired) electrons. The summed E-state index contributed by atoms with van der Waals surface area (Å²) >= 11 is 11.7. The van der Waals surface area contributed by atoms with Gasteiger partial charge in [0.25, 0.3) is 5.91 Å². The van der Waals surface area contributed by atoms with Gasteiger partial charge < -0.3 is 5.32 Å². The van der Waals surface area contributed by atoms with Crippen molar-refractivity contribution in [2.24, 2.45) is 5.10 Å². The molecule has 0 unspecified atom stereocenters. The zero-order chi connectivity index (χ0) is 13.1. The highest BCUT2D eigenvalue weighted by Crippen LogP contribution is 2.25. The lowest BCUT2D eigenvalue weighted by Crippen LogP contribution is -2.32. The van der Waals surface area contributed by atoms with E-state index in [0.717, 1.165) is 0 Å². The van der Waals surface area contributed by atoms with Crippen LogP contribution in [0.5, 0.6) is 0 Å². The predicted molar refractivity (Wildman–Crippen MR) is 69.9 cm³/mol. The van der Waals surface area contributed by atoms with Gasteiger partial charge in [-0.1, -0.05) is 23.2 Å². The summed E-state index contributed by atoms with van der Waals surface area (Å²) < 4.78 is 0. The fraction of sp³-hybridized carbons (Fsp3) is 0.182. The molecule has 1 heterocycles. The Kier molecular flexibility index (Phi) is 3.84. The minimum Gasteiger partial charge on any atom is -0.320 e. The van der Waals surface area contributed by atoms with Crippen molar-refractivity contribution in [2.45, 2.75) is 12.8 Å². The average molecular weight is 286 g/mol. The molecule has 2 amide bonds. The van der Waals surface area contributed by atoms with E-state index in [1.165, 1.54) is 6.07 Å². The zero-order valence-electron chi connectivity index (χ0n) is 9.17. The minimum absolute atomic E-state index is 0.198. The van der Waals surface area contributed by atoms with E-state index >= 15 is 0 Å². The van der Waals surface area contributed by atoms with Crippen molar-refractivity contribution in [3.05, 3.63) is 28.2 Å². The smallest absolute Gasteiger partial charge is 0.271 e. The van der Waals surface area contributed by atoms with E-state index in [1.807, 2.05) is 0 Å². The first-order valence-electron chi connectivity index (χ1n) is 5.18. The summed E-state index contributed by atoms with van der Waals surface area (Å²) in [7, 11) is 0. The molecular weight excluding hydrogens is 277 g/mol. The van der Waals surface area contributed by atoms with E-state index < -0.39 is 0 Å². The molecule has 0 spiro atoms. The van der Waals surface area contributed by atoms with Crippen LogP contribution in [0.4, 0.5) is 5.69 Å². The molecule has 0 aromatic heterocycles. The maximum absolute atomic E-state index is 11.8. The van der Waals surface area contributed by atoms with Crippen LogP contribution in [-0.2, 0) is 9.59 Å². The van der Waals surface area contributed by atoms with Gasteiger partial charge in [-0.2, -0.15) is 5.10 Å². The average Bonchev–Trinajstić information content (AvgIpc) is 2.33. The van der Waals surface area contributed by atoms with Gasteiger partial charge in [-0.15, -0.1) is 0 Å². The molecule has 0 aliphatic carbocycles. The van der Waals surface area contributed by atoms with Gasteiger partial charge in [0.15, 0.2) is 0 Å².